The lowest BCUT2D eigenvalue weighted by molar-refractivity contribution is 0.0169. The third kappa shape index (κ3) is 5.49. The number of likely N-dealkylation sites (tertiary alicyclic amines) is 1. The van der Waals surface area contributed by atoms with Crippen LogP contribution in [0.15, 0.2) is 35.2 Å². The van der Waals surface area contributed by atoms with Crippen LogP contribution >= 0.6 is 0 Å². The van der Waals surface area contributed by atoms with Crippen LogP contribution < -0.4 is 4.72 Å². The molecule has 1 aromatic rings. The molecule has 1 aliphatic rings. The summed E-state index contributed by atoms with van der Waals surface area (Å²) >= 11 is 0. The second-order valence-electron chi connectivity index (χ2n) is 7.10. The molecular weight excluding hydrogens is 328 g/mol. The van der Waals surface area contributed by atoms with Gasteiger partial charge in [0.1, 0.15) is 5.60 Å². The van der Waals surface area contributed by atoms with E-state index in [1.165, 1.54) is 0 Å². The van der Waals surface area contributed by atoms with Crippen LogP contribution in [0.2, 0.25) is 0 Å². The molecule has 0 spiro atoms. The summed E-state index contributed by atoms with van der Waals surface area (Å²) in [6.07, 6.45) is 1.39. The van der Waals surface area contributed by atoms with Crippen LogP contribution in [0, 0.1) is 5.92 Å². The molecule has 6 nitrogen and oxygen atoms in total. The minimum Gasteiger partial charge on any atom is -0.444 e. The number of hydrogen-bond donors (Lipinski definition) is 1. The minimum atomic E-state index is -3.51. The van der Waals surface area contributed by atoms with Gasteiger partial charge in [0, 0.05) is 19.6 Å². The zero-order valence-electron chi connectivity index (χ0n) is 14.5. The van der Waals surface area contributed by atoms with E-state index in [2.05, 4.69) is 4.72 Å². The van der Waals surface area contributed by atoms with Gasteiger partial charge in [0.2, 0.25) is 10.0 Å². The van der Waals surface area contributed by atoms with Crippen LogP contribution in [0.5, 0.6) is 0 Å². The van der Waals surface area contributed by atoms with Gasteiger partial charge >= 0.3 is 6.09 Å². The highest BCUT2D eigenvalue weighted by Gasteiger charge is 2.28. The summed E-state index contributed by atoms with van der Waals surface area (Å²) in [6, 6.07) is 8.30. The third-order valence-corrected chi connectivity index (χ3v) is 5.23. The van der Waals surface area contributed by atoms with Crippen LogP contribution in [0.3, 0.4) is 0 Å². The molecule has 1 aromatic carbocycles. The second-order valence-corrected chi connectivity index (χ2v) is 8.87. The Balaban J connectivity index is 1.90. The Morgan fingerprint density at radius 3 is 2.58 bits per heavy atom. The number of carbonyl (C=O) groups is 1. The summed E-state index contributed by atoms with van der Waals surface area (Å²) in [5.41, 5.74) is -0.529. The molecule has 0 bridgehead atoms. The number of piperidine rings is 1. The van der Waals surface area contributed by atoms with Gasteiger partial charge in [0.05, 0.1) is 4.90 Å². The maximum absolute atomic E-state index is 12.3. The smallest absolute Gasteiger partial charge is 0.410 e. The molecule has 1 N–H and O–H groups in total. The summed E-state index contributed by atoms with van der Waals surface area (Å²) in [5.74, 6) is 0.0877. The lowest BCUT2D eigenvalue weighted by Crippen LogP contribution is -2.45. The number of nitrogens with one attached hydrogen (secondary N) is 1. The topological polar surface area (TPSA) is 75.7 Å². The van der Waals surface area contributed by atoms with Gasteiger partial charge in [-0.05, 0) is 51.7 Å². The van der Waals surface area contributed by atoms with E-state index in [9.17, 15) is 13.2 Å². The molecular formula is C17H26N2O4S. The van der Waals surface area contributed by atoms with E-state index in [0.29, 0.717) is 19.6 Å². The van der Waals surface area contributed by atoms with Gasteiger partial charge in [0.25, 0.3) is 0 Å². The largest absolute Gasteiger partial charge is 0.444 e. The lowest BCUT2D eigenvalue weighted by Gasteiger charge is -2.34. The molecule has 134 valence electrons. The van der Waals surface area contributed by atoms with E-state index in [0.717, 1.165) is 12.8 Å². The summed E-state index contributed by atoms with van der Waals surface area (Å²) in [4.78, 5) is 14.1. The van der Waals surface area contributed by atoms with E-state index in [1.54, 1.807) is 35.2 Å². The van der Waals surface area contributed by atoms with Crippen LogP contribution in [-0.4, -0.2) is 44.6 Å². The SMILES string of the molecule is CC(C)(C)OC(=O)N1CCCC(CNS(=O)(=O)c2ccccc2)C1. The Bertz CT molecular complexity index is 653. The minimum absolute atomic E-state index is 0.0877. The van der Waals surface area contributed by atoms with Gasteiger partial charge in [-0.3, -0.25) is 0 Å². The first kappa shape index (κ1) is 18.7. The average molecular weight is 354 g/mol. The average Bonchev–Trinajstić information content (AvgIpc) is 2.53. The normalized spacial score (nSPS) is 19.1. The van der Waals surface area contributed by atoms with Gasteiger partial charge in [-0.25, -0.2) is 17.9 Å². The summed E-state index contributed by atoms with van der Waals surface area (Å²) in [5, 5.41) is 0. The number of rotatable bonds is 4. The Kier molecular flexibility index (Phi) is 5.87. The number of benzene rings is 1. The molecule has 1 unspecified atom stereocenters. The number of carbonyl (C=O) groups excluding carboxylic acids is 1. The highest BCUT2D eigenvalue weighted by atomic mass is 32.2. The monoisotopic (exact) mass is 354 g/mol. The number of amides is 1. The molecule has 1 fully saturated rings. The van der Waals surface area contributed by atoms with Crippen molar-refractivity contribution in [2.24, 2.45) is 5.92 Å². The molecule has 0 radical (unpaired) electrons. The lowest BCUT2D eigenvalue weighted by atomic mass is 9.99. The molecule has 1 atom stereocenters. The fourth-order valence-electron chi connectivity index (χ4n) is 2.63. The first-order valence-corrected chi connectivity index (χ1v) is 9.68. The van der Waals surface area contributed by atoms with Crippen molar-refractivity contribution in [3.05, 3.63) is 30.3 Å². The van der Waals surface area contributed by atoms with Gasteiger partial charge in [0.15, 0.2) is 0 Å². The van der Waals surface area contributed by atoms with E-state index in [1.807, 2.05) is 20.8 Å². The first-order valence-electron chi connectivity index (χ1n) is 8.20. The van der Waals surface area contributed by atoms with Crippen molar-refractivity contribution >= 4 is 16.1 Å². The van der Waals surface area contributed by atoms with Crippen molar-refractivity contribution in [1.82, 2.24) is 9.62 Å². The summed E-state index contributed by atoms with van der Waals surface area (Å²) in [6.45, 7) is 6.97. The van der Waals surface area contributed by atoms with Crippen molar-refractivity contribution in [3.8, 4) is 0 Å². The van der Waals surface area contributed by atoms with Gasteiger partial charge < -0.3 is 9.64 Å². The standard InChI is InChI=1S/C17H26N2O4S/c1-17(2,3)23-16(20)19-11-7-8-14(13-19)12-18-24(21,22)15-9-5-4-6-10-15/h4-6,9-10,14,18H,7-8,11-13H2,1-3H3. The molecule has 2 rings (SSSR count). The fraction of sp³-hybridized carbons (Fsp3) is 0.588. The summed E-state index contributed by atoms with van der Waals surface area (Å²) in [7, 11) is -3.51. The van der Waals surface area contributed by atoms with Gasteiger partial charge in [-0.1, -0.05) is 18.2 Å². The van der Waals surface area contributed by atoms with Crippen molar-refractivity contribution < 1.29 is 17.9 Å². The van der Waals surface area contributed by atoms with Crippen molar-refractivity contribution in [2.45, 2.75) is 44.1 Å². The molecule has 24 heavy (non-hydrogen) atoms. The molecule has 1 aliphatic heterocycles. The Morgan fingerprint density at radius 2 is 1.96 bits per heavy atom. The highest BCUT2D eigenvalue weighted by molar-refractivity contribution is 7.89. The summed E-state index contributed by atoms with van der Waals surface area (Å²) < 4.78 is 32.6. The van der Waals surface area contributed by atoms with Gasteiger partial charge in [-0.2, -0.15) is 0 Å². The maximum Gasteiger partial charge on any atom is 0.410 e. The van der Waals surface area contributed by atoms with E-state index in [4.69, 9.17) is 4.74 Å². The molecule has 0 saturated carbocycles. The Labute approximate surface area is 144 Å². The molecule has 1 amide bonds. The van der Waals surface area contributed by atoms with Crippen LogP contribution in [-0.2, 0) is 14.8 Å². The fourth-order valence-corrected chi connectivity index (χ4v) is 3.77. The highest BCUT2D eigenvalue weighted by Crippen LogP contribution is 2.19. The first-order chi connectivity index (χ1) is 11.2. The van der Waals surface area contributed by atoms with E-state index >= 15 is 0 Å². The molecule has 0 aromatic heterocycles. The second kappa shape index (κ2) is 7.53. The van der Waals surface area contributed by atoms with Crippen LogP contribution in [0.1, 0.15) is 33.6 Å². The zero-order valence-corrected chi connectivity index (χ0v) is 15.3. The van der Waals surface area contributed by atoms with Crippen LogP contribution in [0.25, 0.3) is 0 Å². The van der Waals surface area contributed by atoms with E-state index < -0.39 is 15.6 Å². The number of hydrogen-bond acceptors (Lipinski definition) is 4. The molecule has 7 heteroatoms. The van der Waals surface area contributed by atoms with Crippen molar-refractivity contribution in [3.63, 3.8) is 0 Å². The number of sulfonamides is 1. The third-order valence-electron chi connectivity index (χ3n) is 3.79. The molecule has 0 aliphatic carbocycles. The predicted octanol–water partition coefficient (Wildman–Crippen LogP) is 2.61. The quantitative estimate of drug-likeness (QED) is 0.902. The van der Waals surface area contributed by atoms with Crippen molar-refractivity contribution in [2.75, 3.05) is 19.6 Å². The van der Waals surface area contributed by atoms with Crippen molar-refractivity contribution in [1.29, 1.82) is 0 Å². The van der Waals surface area contributed by atoms with Crippen LogP contribution in [0.4, 0.5) is 4.79 Å². The number of ether oxygens (including phenoxy) is 1. The van der Waals surface area contributed by atoms with Gasteiger partial charge in [-0.15, -0.1) is 0 Å². The maximum atomic E-state index is 12.3. The molecule has 1 saturated heterocycles. The van der Waals surface area contributed by atoms with E-state index in [-0.39, 0.29) is 16.9 Å². The molecule has 1 heterocycles. The Morgan fingerprint density at radius 1 is 1.29 bits per heavy atom. The number of nitrogens with zero attached hydrogens (tertiary/aromatic N) is 1. The predicted molar refractivity (Wildman–Crippen MR) is 92.2 cm³/mol. The zero-order chi connectivity index (χ0) is 17.8. The Hall–Kier alpha value is -1.60.